The van der Waals surface area contributed by atoms with Gasteiger partial charge in [0, 0.05) is 40.9 Å². The minimum Gasteiger partial charge on any atom is -0.379 e. The number of aryl methyl sites for hydroxylation is 3. The number of aromatic nitrogens is 1. The van der Waals surface area contributed by atoms with Crippen molar-refractivity contribution in [2.45, 2.75) is 37.5 Å². The fourth-order valence-electron chi connectivity index (χ4n) is 4.63. The summed E-state index contributed by atoms with van der Waals surface area (Å²) in [6.45, 7) is 3.21. The average Bonchev–Trinajstić information content (AvgIpc) is 3.18. The standard InChI is InChI=1S/C24H27N3O4S/c1-16-6-8-18(15-23(16)32(29,30)27-10-12-31-13-11-27)25-24(28)17-7-9-22-20(14-17)19-4-2-3-5-21(19)26-22/h6-9,14-15,26H,2-5,10-13H2,1H3,(H,25,28). The molecule has 0 saturated carbocycles. The second-order valence-electron chi connectivity index (χ2n) is 8.50. The van der Waals surface area contributed by atoms with Gasteiger partial charge in [0.25, 0.3) is 5.91 Å². The lowest BCUT2D eigenvalue weighted by atomic mass is 9.95. The first-order valence-electron chi connectivity index (χ1n) is 11.1. The van der Waals surface area contributed by atoms with Gasteiger partial charge >= 0.3 is 0 Å². The van der Waals surface area contributed by atoms with E-state index in [2.05, 4.69) is 10.3 Å². The van der Waals surface area contributed by atoms with Crippen molar-refractivity contribution >= 4 is 32.5 Å². The van der Waals surface area contributed by atoms with Crippen molar-refractivity contribution in [2.75, 3.05) is 31.6 Å². The second kappa shape index (κ2) is 8.35. The maximum absolute atomic E-state index is 13.1. The number of carbonyl (C=O) groups excluding carboxylic acids is 1. The Bertz CT molecular complexity index is 1290. The number of ether oxygens (including phenoxy) is 1. The zero-order valence-corrected chi connectivity index (χ0v) is 18.9. The van der Waals surface area contributed by atoms with E-state index in [1.165, 1.54) is 28.4 Å². The van der Waals surface area contributed by atoms with E-state index < -0.39 is 10.0 Å². The van der Waals surface area contributed by atoms with Crippen molar-refractivity contribution in [2.24, 2.45) is 0 Å². The predicted octanol–water partition coefficient (Wildman–Crippen LogP) is 3.63. The molecule has 1 saturated heterocycles. The number of sulfonamides is 1. The van der Waals surface area contributed by atoms with Crippen LogP contribution in [0.5, 0.6) is 0 Å². The lowest BCUT2D eigenvalue weighted by molar-refractivity contribution is 0.0730. The predicted molar refractivity (Wildman–Crippen MR) is 124 cm³/mol. The largest absolute Gasteiger partial charge is 0.379 e. The van der Waals surface area contributed by atoms with E-state index in [-0.39, 0.29) is 10.8 Å². The Labute approximate surface area is 187 Å². The third-order valence-electron chi connectivity index (χ3n) is 6.39. The van der Waals surface area contributed by atoms with Gasteiger partial charge in [-0.25, -0.2) is 8.42 Å². The SMILES string of the molecule is Cc1ccc(NC(=O)c2ccc3[nH]c4c(c3c2)CCCC4)cc1S(=O)(=O)N1CCOCC1. The van der Waals surface area contributed by atoms with E-state index in [0.29, 0.717) is 43.1 Å². The van der Waals surface area contributed by atoms with Gasteiger partial charge in [-0.05, 0) is 74.1 Å². The molecular formula is C24H27N3O4S. The van der Waals surface area contributed by atoms with E-state index in [1.54, 1.807) is 31.2 Å². The van der Waals surface area contributed by atoms with Crippen LogP contribution in [0.3, 0.4) is 0 Å². The molecule has 1 aromatic heterocycles. The van der Waals surface area contributed by atoms with Crippen LogP contribution < -0.4 is 5.32 Å². The van der Waals surface area contributed by atoms with Crippen LogP contribution in [0.25, 0.3) is 10.9 Å². The first kappa shape index (κ1) is 21.2. The summed E-state index contributed by atoms with van der Waals surface area (Å²) in [6, 6.07) is 10.7. The van der Waals surface area contributed by atoms with Gasteiger partial charge in [-0.1, -0.05) is 6.07 Å². The zero-order chi connectivity index (χ0) is 22.3. The van der Waals surface area contributed by atoms with Crippen LogP contribution in [-0.4, -0.2) is 49.9 Å². The summed E-state index contributed by atoms with van der Waals surface area (Å²) in [6.07, 6.45) is 4.44. The number of H-pyrrole nitrogens is 1. The molecule has 0 radical (unpaired) electrons. The maximum Gasteiger partial charge on any atom is 0.255 e. The number of hydrogen-bond donors (Lipinski definition) is 2. The molecule has 2 aromatic carbocycles. The van der Waals surface area contributed by atoms with Crippen molar-refractivity contribution < 1.29 is 17.9 Å². The molecule has 0 spiro atoms. The molecule has 5 rings (SSSR count). The van der Waals surface area contributed by atoms with Crippen molar-refractivity contribution in [3.63, 3.8) is 0 Å². The molecule has 1 aliphatic carbocycles. The van der Waals surface area contributed by atoms with Gasteiger partial charge in [0.1, 0.15) is 0 Å². The Kier molecular flexibility index (Phi) is 5.53. The Balaban J connectivity index is 1.42. The molecule has 0 unspecified atom stereocenters. The van der Waals surface area contributed by atoms with E-state index in [1.807, 2.05) is 12.1 Å². The number of benzene rings is 2. The van der Waals surface area contributed by atoms with Gasteiger partial charge in [-0.2, -0.15) is 4.31 Å². The molecule has 7 nitrogen and oxygen atoms in total. The van der Waals surface area contributed by atoms with Gasteiger partial charge in [-0.3, -0.25) is 4.79 Å². The van der Waals surface area contributed by atoms with E-state index >= 15 is 0 Å². The molecule has 1 aliphatic heterocycles. The van der Waals surface area contributed by atoms with Crippen LogP contribution >= 0.6 is 0 Å². The number of fused-ring (bicyclic) bond motifs is 3. The molecule has 2 N–H and O–H groups in total. The van der Waals surface area contributed by atoms with Crippen LogP contribution in [0.1, 0.15) is 40.0 Å². The summed E-state index contributed by atoms with van der Waals surface area (Å²) in [5.74, 6) is -0.253. The van der Waals surface area contributed by atoms with Crippen LogP contribution in [-0.2, 0) is 27.6 Å². The first-order valence-corrected chi connectivity index (χ1v) is 12.5. The second-order valence-corrected chi connectivity index (χ2v) is 10.4. The monoisotopic (exact) mass is 453 g/mol. The zero-order valence-electron chi connectivity index (χ0n) is 18.1. The number of nitrogens with one attached hydrogen (secondary N) is 2. The highest BCUT2D eigenvalue weighted by Crippen LogP contribution is 2.30. The summed E-state index contributed by atoms with van der Waals surface area (Å²) in [5, 5.41) is 3.98. The van der Waals surface area contributed by atoms with Crippen LogP contribution in [0.15, 0.2) is 41.3 Å². The topological polar surface area (TPSA) is 91.5 Å². The third kappa shape index (κ3) is 3.83. The minimum absolute atomic E-state index is 0.215. The number of amides is 1. The van der Waals surface area contributed by atoms with Gasteiger partial charge < -0.3 is 15.0 Å². The Morgan fingerprint density at radius 2 is 1.84 bits per heavy atom. The molecule has 168 valence electrons. The maximum atomic E-state index is 13.1. The molecule has 1 fully saturated rings. The van der Waals surface area contributed by atoms with Crippen LogP contribution in [0, 0.1) is 6.92 Å². The number of nitrogens with zero attached hydrogens (tertiary/aromatic N) is 1. The van der Waals surface area contributed by atoms with Gasteiger partial charge in [-0.15, -0.1) is 0 Å². The number of hydrogen-bond acceptors (Lipinski definition) is 4. The lowest BCUT2D eigenvalue weighted by Crippen LogP contribution is -2.40. The van der Waals surface area contributed by atoms with Crippen LogP contribution in [0.2, 0.25) is 0 Å². The normalized spacial score (nSPS) is 17.3. The summed E-state index contributed by atoms with van der Waals surface area (Å²) < 4.78 is 33.0. The Hall–Kier alpha value is -2.68. The highest BCUT2D eigenvalue weighted by Gasteiger charge is 2.28. The van der Waals surface area contributed by atoms with Crippen molar-refractivity contribution in [3.05, 3.63) is 58.8 Å². The molecule has 0 atom stereocenters. The molecule has 1 amide bonds. The smallest absolute Gasteiger partial charge is 0.255 e. The average molecular weight is 454 g/mol. The summed E-state index contributed by atoms with van der Waals surface area (Å²) in [4.78, 5) is 16.7. The van der Waals surface area contributed by atoms with Gasteiger partial charge in [0.2, 0.25) is 10.0 Å². The molecule has 3 aromatic rings. The Morgan fingerprint density at radius 3 is 2.66 bits per heavy atom. The highest BCUT2D eigenvalue weighted by atomic mass is 32.2. The molecule has 0 bridgehead atoms. The number of aromatic amines is 1. The molecule has 32 heavy (non-hydrogen) atoms. The first-order chi connectivity index (χ1) is 15.4. The summed E-state index contributed by atoms with van der Waals surface area (Å²) in [7, 11) is -3.65. The number of morpholine rings is 1. The quantitative estimate of drug-likeness (QED) is 0.631. The summed E-state index contributed by atoms with van der Waals surface area (Å²) in [5.41, 5.74) is 5.32. The van der Waals surface area contributed by atoms with Crippen molar-refractivity contribution in [1.29, 1.82) is 0 Å². The van der Waals surface area contributed by atoms with Crippen molar-refractivity contribution in [1.82, 2.24) is 9.29 Å². The van der Waals surface area contributed by atoms with E-state index in [0.717, 1.165) is 23.7 Å². The summed E-state index contributed by atoms with van der Waals surface area (Å²) >= 11 is 0. The fourth-order valence-corrected chi connectivity index (χ4v) is 6.29. The van der Waals surface area contributed by atoms with Crippen molar-refractivity contribution in [3.8, 4) is 0 Å². The highest BCUT2D eigenvalue weighted by molar-refractivity contribution is 7.89. The Morgan fingerprint density at radius 1 is 1.06 bits per heavy atom. The fraction of sp³-hybridized carbons (Fsp3) is 0.375. The number of carbonyl (C=O) groups is 1. The molecular weight excluding hydrogens is 426 g/mol. The minimum atomic E-state index is -3.65. The molecule has 8 heteroatoms. The van der Waals surface area contributed by atoms with E-state index in [9.17, 15) is 13.2 Å². The third-order valence-corrected chi connectivity index (χ3v) is 8.43. The van der Waals surface area contributed by atoms with E-state index in [4.69, 9.17) is 4.74 Å². The number of rotatable bonds is 4. The number of anilines is 1. The molecule has 2 heterocycles. The van der Waals surface area contributed by atoms with Crippen LogP contribution in [0.4, 0.5) is 5.69 Å². The van der Waals surface area contributed by atoms with Gasteiger partial charge in [0.15, 0.2) is 0 Å². The lowest BCUT2D eigenvalue weighted by Gasteiger charge is -2.26. The van der Waals surface area contributed by atoms with Gasteiger partial charge in [0.05, 0.1) is 18.1 Å². The molecule has 2 aliphatic rings.